The number of amides is 2. The Kier molecular flexibility index (Phi) is 5.69. The predicted octanol–water partition coefficient (Wildman–Crippen LogP) is 2.19. The number of nitriles is 1. The standard InChI is InChI=1S/C17H23N3O2/c1-11(19-12(2)21)16(22)20-15(10-18)13-6-8-14(9-7-13)17(3,4)5/h6-9,11,15H,1-5H3,(H,19,21)(H,20,22)/t11-,15-/m0/s1. The number of benzene rings is 1. The highest BCUT2D eigenvalue weighted by atomic mass is 16.2. The first-order valence-electron chi connectivity index (χ1n) is 7.22. The molecule has 118 valence electrons. The highest BCUT2D eigenvalue weighted by Crippen LogP contribution is 2.23. The molecule has 1 rings (SSSR count). The van der Waals surface area contributed by atoms with Crippen LogP contribution in [0.2, 0.25) is 0 Å². The van der Waals surface area contributed by atoms with E-state index in [0.717, 1.165) is 11.1 Å². The fourth-order valence-corrected chi connectivity index (χ4v) is 2.00. The number of nitrogens with one attached hydrogen (secondary N) is 2. The molecule has 0 saturated carbocycles. The first-order valence-corrected chi connectivity index (χ1v) is 7.22. The first-order chi connectivity index (χ1) is 10.1. The van der Waals surface area contributed by atoms with E-state index in [1.165, 1.54) is 6.92 Å². The van der Waals surface area contributed by atoms with Gasteiger partial charge in [-0.2, -0.15) is 5.26 Å². The van der Waals surface area contributed by atoms with Crippen LogP contribution in [0.4, 0.5) is 0 Å². The third kappa shape index (κ3) is 4.88. The fraction of sp³-hybridized carbons (Fsp3) is 0.471. The molecule has 0 aliphatic carbocycles. The van der Waals surface area contributed by atoms with Crippen LogP contribution in [0.15, 0.2) is 24.3 Å². The summed E-state index contributed by atoms with van der Waals surface area (Å²) >= 11 is 0. The molecule has 1 aromatic rings. The van der Waals surface area contributed by atoms with E-state index in [0.29, 0.717) is 0 Å². The second-order valence-electron chi connectivity index (χ2n) is 6.36. The Bertz CT molecular complexity index is 579. The van der Waals surface area contributed by atoms with E-state index >= 15 is 0 Å². The lowest BCUT2D eigenvalue weighted by atomic mass is 9.86. The molecule has 2 atom stereocenters. The minimum absolute atomic E-state index is 0.0316. The van der Waals surface area contributed by atoms with Crippen molar-refractivity contribution in [3.8, 4) is 6.07 Å². The van der Waals surface area contributed by atoms with Crippen molar-refractivity contribution in [2.75, 3.05) is 0 Å². The average Bonchev–Trinajstić information content (AvgIpc) is 2.43. The zero-order valence-electron chi connectivity index (χ0n) is 13.7. The molecule has 0 spiro atoms. The highest BCUT2D eigenvalue weighted by molar-refractivity contribution is 5.86. The molecule has 0 heterocycles. The number of rotatable bonds is 4. The molecule has 5 heteroatoms. The molecule has 0 bridgehead atoms. The summed E-state index contributed by atoms with van der Waals surface area (Å²) in [5, 5.41) is 14.4. The van der Waals surface area contributed by atoms with Crippen LogP contribution in [0.1, 0.15) is 51.8 Å². The second kappa shape index (κ2) is 7.08. The lowest BCUT2D eigenvalue weighted by Gasteiger charge is -2.20. The number of carbonyl (C=O) groups excluding carboxylic acids is 2. The van der Waals surface area contributed by atoms with Crippen molar-refractivity contribution in [3.63, 3.8) is 0 Å². The van der Waals surface area contributed by atoms with Gasteiger partial charge in [-0.3, -0.25) is 9.59 Å². The molecule has 0 radical (unpaired) electrons. The monoisotopic (exact) mass is 301 g/mol. The first kappa shape index (κ1) is 17.7. The van der Waals surface area contributed by atoms with E-state index in [4.69, 9.17) is 0 Å². The molecular weight excluding hydrogens is 278 g/mol. The molecule has 2 amide bonds. The summed E-state index contributed by atoms with van der Waals surface area (Å²) in [6, 6.07) is 8.27. The Morgan fingerprint density at radius 1 is 1.14 bits per heavy atom. The molecule has 0 aliphatic heterocycles. The van der Waals surface area contributed by atoms with Gasteiger partial charge in [-0.25, -0.2) is 0 Å². The maximum Gasteiger partial charge on any atom is 0.243 e. The van der Waals surface area contributed by atoms with Crippen LogP contribution in [-0.2, 0) is 15.0 Å². The quantitative estimate of drug-likeness (QED) is 0.894. The van der Waals surface area contributed by atoms with Crippen LogP contribution in [0.3, 0.4) is 0 Å². The molecule has 0 unspecified atom stereocenters. The van der Waals surface area contributed by atoms with Crippen molar-refractivity contribution >= 4 is 11.8 Å². The molecule has 22 heavy (non-hydrogen) atoms. The average molecular weight is 301 g/mol. The van der Waals surface area contributed by atoms with Crippen LogP contribution in [0, 0.1) is 11.3 Å². The number of hydrogen-bond acceptors (Lipinski definition) is 3. The Balaban J connectivity index is 2.83. The van der Waals surface area contributed by atoms with Crippen molar-refractivity contribution in [1.29, 1.82) is 5.26 Å². The van der Waals surface area contributed by atoms with E-state index in [1.54, 1.807) is 6.92 Å². The molecule has 0 aromatic heterocycles. The van der Waals surface area contributed by atoms with Crippen LogP contribution in [-0.4, -0.2) is 17.9 Å². The molecule has 2 N–H and O–H groups in total. The smallest absolute Gasteiger partial charge is 0.243 e. The van der Waals surface area contributed by atoms with Gasteiger partial charge in [0.1, 0.15) is 12.1 Å². The largest absolute Gasteiger partial charge is 0.345 e. The predicted molar refractivity (Wildman–Crippen MR) is 84.9 cm³/mol. The lowest BCUT2D eigenvalue weighted by Crippen LogP contribution is -2.45. The molecule has 1 aromatic carbocycles. The van der Waals surface area contributed by atoms with E-state index < -0.39 is 12.1 Å². The summed E-state index contributed by atoms with van der Waals surface area (Å²) in [4.78, 5) is 22.9. The zero-order valence-corrected chi connectivity index (χ0v) is 13.7. The van der Waals surface area contributed by atoms with Gasteiger partial charge in [0, 0.05) is 6.92 Å². The summed E-state index contributed by atoms with van der Waals surface area (Å²) in [6.07, 6.45) is 0. The van der Waals surface area contributed by atoms with Crippen molar-refractivity contribution in [2.24, 2.45) is 0 Å². The van der Waals surface area contributed by atoms with Crippen LogP contribution >= 0.6 is 0 Å². The van der Waals surface area contributed by atoms with Gasteiger partial charge in [-0.1, -0.05) is 45.0 Å². The summed E-state index contributed by atoms with van der Waals surface area (Å²) in [5.41, 5.74) is 1.91. The van der Waals surface area contributed by atoms with Gasteiger partial charge in [0.05, 0.1) is 6.07 Å². The fourth-order valence-electron chi connectivity index (χ4n) is 2.00. The van der Waals surface area contributed by atoms with Crippen molar-refractivity contribution < 1.29 is 9.59 Å². The minimum Gasteiger partial charge on any atom is -0.345 e. The Labute approximate surface area is 131 Å². The molecule has 0 aliphatic rings. The van der Waals surface area contributed by atoms with E-state index in [1.807, 2.05) is 24.3 Å². The molecule has 0 saturated heterocycles. The van der Waals surface area contributed by atoms with Crippen molar-refractivity contribution in [1.82, 2.24) is 10.6 Å². The van der Waals surface area contributed by atoms with Crippen molar-refractivity contribution in [3.05, 3.63) is 35.4 Å². The zero-order chi connectivity index (χ0) is 16.9. The summed E-state index contributed by atoms with van der Waals surface area (Å²) < 4.78 is 0. The van der Waals surface area contributed by atoms with Gasteiger partial charge in [-0.15, -0.1) is 0 Å². The SMILES string of the molecule is CC(=O)N[C@@H](C)C(=O)N[C@@H](C#N)c1ccc(C(C)(C)C)cc1. The summed E-state index contributed by atoms with van der Waals surface area (Å²) in [6.45, 7) is 9.26. The lowest BCUT2D eigenvalue weighted by molar-refractivity contribution is -0.127. The third-order valence-corrected chi connectivity index (χ3v) is 3.34. The van der Waals surface area contributed by atoms with Crippen LogP contribution in [0.25, 0.3) is 0 Å². The van der Waals surface area contributed by atoms with E-state index in [2.05, 4.69) is 37.5 Å². The van der Waals surface area contributed by atoms with Crippen LogP contribution in [0.5, 0.6) is 0 Å². The van der Waals surface area contributed by atoms with Gasteiger partial charge in [0.2, 0.25) is 11.8 Å². The molecule has 0 fully saturated rings. The van der Waals surface area contributed by atoms with E-state index in [-0.39, 0.29) is 17.2 Å². The maximum absolute atomic E-state index is 12.0. The minimum atomic E-state index is -0.738. The van der Waals surface area contributed by atoms with Crippen molar-refractivity contribution in [2.45, 2.75) is 52.1 Å². The number of hydrogen-bond donors (Lipinski definition) is 2. The number of carbonyl (C=O) groups is 2. The van der Waals surface area contributed by atoms with Gasteiger partial charge < -0.3 is 10.6 Å². The summed E-state index contributed by atoms with van der Waals surface area (Å²) in [7, 11) is 0. The van der Waals surface area contributed by atoms with E-state index in [9.17, 15) is 14.9 Å². The molecule has 5 nitrogen and oxygen atoms in total. The second-order valence-corrected chi connectivity index (χ2v) is 6.36. The topological polar surface area (TPSA) is 82.0 Å². The number of nitrogens with zero attached hydrogens (tertiary/aromatic N) is 1. The van der Waals surface area contributed by atoms with Gasteiger partial charge in [0.15, 0.2) is 0 Å². The third-order valence-electron chi connectivity index (χ3n) is 3.34. The van der Waals surface area contributed by atoms with Gasteiger partial charge >= 0.3 is 0 Å². The maximum atomic E-state index is 12.0. The summed E-state index contributed by atoms with van der Waals surface area (Å²) in [5.74, 6) is -0.674. The molecular formula is C17H23N3O2. The van der Waals surface area contributed by atoms with Gasteiger partial charge in [0.25, 0.3) is 0 Å². The Morgan fingerprint density at radius 2 is 1.68 bits per heavy atom. The van der Waals surface area contributed by atoms with Gasteiger partial charge in [-0.05, 0) is 23.5 Å². The highest BCUT2D eigenvalue weighted by Gasteiger charge is 2.20. The van der Waals surface area contributed by atoms with Crippen LogP contribution < -0.4 is 10.6 Å². The Hall–Kier alpha value is -2.35. The Morgan fingerprint density at radius 3 is 2.09 bits per heavy atom. The normalized spacial score (nSPS) is 13.6.